The van der Waals surface area contributed by atoms with Gasteiger partial charge < -0.3 is 9.64 Å². The maximum Gasteiger partial charge on any atom is 0.417 e. The molecule has 5 heteroatoms. The third kappa shape index (κ3) is 1.36. The highest BCUT2D eigenvalue weighted by molar-refractivity contribution is 5.89. The number of ether oxygens (including phenoxy) is 1. The van der Waals surface area contributed by atoms with Crippen molar-refractivity contribution in [2.75, 3.05) is 7.05 Å². The lowest BCUT2D eigenvalue weighted by Gasteiger charge is -2.40. The van der Waals surface area contributed by atoms with E-state index in [0.717, 1.165) is 0 Å². The second-order valence-corrected chi connectivity index (χ2v) is 3.88. The Balaban J connectivity index is 2.19. The number of alkyl halides is 1. The minimum absolute atomic E-state index is 0.252. The van der Waals surface area contributed by atoms with Crippen LogP contribution in [0.4, 0.5) is 9.18 Å². The summed E-state index contributed by atoms with van der Waals surface area (Å²) >= 11 is 0. The van der Waals surface area contributed by atoms with Crippen LogP contribution in [-0.2, 0) is 9.53 Å². The Labute approximate surface area is 81.0 Å². The van der Waals surface area contributed by atoms with Crippen LogP contribution in [0.3, 0.4) is 0 Å². The third-order valence-corrected chi connectivity index (χ3v) is 3.03. The van der Waals surface area contributed by atoms with E-state index >= 15 is 0 Å². The van der Waals surface area contributed by atoms with Gasteiger partial charge in [-0.1, -0.05) is 0 Å². The molecule has 4 nitrogen and oxygen atoms in total. The van der Waals surface area contributed by atoms with Gasteiger partial charge in [0.05, 0.1) is 12.0 Å². The Morgan fingerprint density at radius 3 is 2.86 bits per heavy atom. The van der Waals surface area contributed by atoms with Crippen molar-refractivity contribution in [3.8, 4) is 0 Å². The van der Waals surface area contributed by atoms with Gasteiger partial charge in [0, 0.05) is 7.05 Å². The van der Waals surface area contributed by atoms with Crippen LogP contribution in [0.1, 0.15) is 19.3 Å². The number of carbonyl (C=O) groups excluding carboxylic acids is 2. The molecular formula is C9H12FNO3. The predicted molar refractivity (Wildman–Crippen MR) is 45.3 cm³/mol. The Morgan fingerprint density at radius 2 is 2.14 bits per heavy atom. The first-order valence-electron chi connectivity index (χ1n) is 4.72. The highest BCUT2D eigenvalue weighted by atomic mass is 19.1. The monoisotopic (exact) mass is 201 g/mol. The Bertz CT molecular complexity index is 281. The van der Waals surface area contributed by atoms with Crippen LogP contribution in [-0.4, -0.2) is 36.2 Å². The van der Waals surface area contributed by atoms with Crippen molar-refractivity contribution < 1.29 is 18.7 Å². The summed E-state index contributed by atoms with van der Waals surface area (Å²) in [6.45, 7) is 0. The Hall–Kier alpha value is -1.13. The Morgan fingerprint density at radius 1 is 1.43 bits per heavy atom. The zero-order valence-corrected chi connectivity index (χ0v) is 7.90. The molecule has 1 saturated heterocycles. The van der Waals surface area contributed by atoms with Crippen molar-refractivity contribution in [3.63, 3.8) is 0 Å². The van der Waals surface area contributed by atoms with Crippen molar-refractivity contribution in [1.29, 1.82) is 0 Å². The molecule has 14 heavy (non-hydrogen) atoms. The quantitative estimate of drug-likeness (QED) is 0.435. The molecule has 1 saturated carbocycles. The van der Waals surface area contributed by atoms with E-state index in [1.807, 2.05) is 0 Å². The number of rotatable bonds is 0. The molecule has 0 N–H and O–H groups in total. The molecule has 1 aliphatic heterocycles. The van der Waals surface area contributed by atoms with Crippen LogP contribution in [0.15, 0.2) is 0 Å². The second kappa shape index (κ2) is 3.22. The zero-order chi connectivity index (χ0) is 10.3. The fourth-order valence-corrected chi connectivity index (χ4v) is 2.17. The normalized spacial score (nSPS) is 37.9. The molecule has 1 heterocycles. The smallest absolute Gasteiger partial charge is 0.376 e. The first-order valence-corrected chi connectivity index (χ1v) is 4.72. The van der Waals surface area contributed by atoms with Crippen molar-refractivity contribution in [1.82, 2.24) is 4.90 Å². The molecule has 0 aromatic rings. The van der Waals surface area contributed by atoms with Gasteiger partial charge in [-0.05, 0) is 19.3 Å². The van der Waals surface area contributed by atoms with Crippen molar-refractivity contribution >= 4 is 12.1 Å². The van der Waals surface area contributed by atoms with Crippen molar-refractivity contribution in [2.45, 2.75) is 31.5 Å². The molecule has 0 spiro atoms. The van der Waals surface area contributed by atoms with Crippen LogP contribution in [0.5, 0.6) is 0 Å². The van der Waals surface area contributed by atoms with Crippen LogP contribution < -0.4 is 0 Å². The fourth-order valence-electron chi connectivity index (χ4n) is 2.17. The van der Waals surface area contributed by atoms with Crippen molar-refractivity contribution in [3.05, 3.63) is 0 Å². The molecule has 0 bridgehead atoms. The van der Waals surface area contributed by atoms with Gasteiger partial charge in [-0.3, -0.25) is 4.79 Å². The lowest BCUT2D eigenvalue weighted by atomic mass is 9.82. The lowest BCUT2D eigenvalue weighted by molar-refractivity contribution is -0.152. The van der Waals surface area contributed by atoms with Gasteiger partial charge in [-0.15, -0.1) is 0 Å². The summed E-state index contributed by atoms with van der Waals surface area (Å²) in [5.74, 6) is -0.824. The van der Waals surface area contributed by atoms with Gasteiger partial charge in [0.1, 0.15) is 6.17 Å². The number of hydrogen-bond donors (Lipinski definition) is 0. The number of fused-ring (bicyclic) bond motifs is 1. The van der Waals surface area contributed by atoms with Gasteiger partial charge in [0.2, 0.25) is 0 Å². The van der Waals surface area contributed by atoms with E-state index in [-0.39, 0.29) is 18.4 Å². The first-order chi connectivity index (χ1) is 6.59. The number of amides is 1. The van der Waals surface area contributed by atoms with E-state index in [2.05, 4.69) is 4.74 Å². The molecule has 2 aliphatic rings. The molecule has 0 aromatic heterocycles. The number of hydrogen-bond acceptors (Lipinski definition) is 3. The molecule has 78 valence electrons. The maximum absolute atomic E-state index is 13.1. The van der Waals surface area contributed by atoms with Crippen LogP contribution in [0.2, 0.25) is 0 Å². The van der Waals surface area contributed by atoms with Crippen LogP contribution >= 0.6 is 0 Å². The second-order valence-electron chi connectivity index (χ2n) is 3.88. The van der Waals surface area contributed by atoms with E-state index < -0.39 is 18.2 Å². The van der Waals surface area contributed by atoms with E-state index in [1.54, 1.807) is 7.05 Å². The average molecular weight is 201 g/mol. The summed E-state index contributed by atoms with van der Waals surface area (Å²) in [5, 5.41) is 0. The van der Waals surface area contributed by atoms with Gasteiger partial charge in [-0.2, -0.15) is 0 Å². The molecule has 0 aromatic carbocycles. The van der Waals surface area contributed by atoms with E-state index in [0.29, 0.717) is 12.8 Å². The summed E-state index contributed by atoms with van der Waals surface area (Å²) in [6, 6.07) is -0.313. The predicted octanol–water partition coefficient (Wildman–Crippen LogP) is 1.10. The minimum Gasteiger partial charge on any atom is -0.376 e. The molecule has 2 rings (SSSR count). The topological polar surface area (TPSA) is 46.6 Å². The van der Waals surface area contributed by atoms with E-state index in [9.17, 15) is 14.0 Å². The van der Waals surface area contributed by atoms with Gasteiger partial charge in [-0.25, -0.2) is 9.18 Å². The molecule has 1 amide bonds. The molecular weight excluding hydrogens is 189 g/mol. The van der Waals surface area contributed by atoms with Crippen molar-refractivity contribution in [2.24, 2.45) is 5.92 Å². The number of nitrogens with zero attached hydrogens (tertiary/aromatic N) is 1. The summed E-state index contributed by atoms with van der Waals surface area (Å²) in [4.78, 5) is 23.8. The molecule has 0 radical (unpaired) electrons. The van der Waals surface area contributed by atoms with Gasteiger partial charge in [0.15, 0.2) is 0 Å². The average Bonchev–Trinajstić information content (AvgIpc) is 2.14. The molecule has 1 aliphatic carbocycles. The molecule has 3 unspecified atom stereocenters. The fraction of sp³-hybridized carbons (Fsp3) is 0.778. The number of esters is 1. The van der Waals surface area contributed by atoms with E-state index in [4.69, 9.17) is 0 Å². The first kappa shape index (κ1) is 9.43. The van der Waals surface area contributed by atoms with Gasteiger partial charge >= 0.3 is 12.1 Å². The highest BCUT2D eigenvalue weighted by Crippen LogP contribution is 2.33. The third-order valence-electron chi connectivity index (χ3n) is 3.03. The summed E-state index contributed by atoms with van der Waals surface area (Å²) in [7, 11) is 1.55. The molecule has 2 fully saturated rings. The lowest BCUT2D eigenvalue weighted by Crippen LogP contribution is -2.54. The van der Waals surface area contributed by atoms with Crippen LogP contribution in [0.25, 0.3) is 0 Å². The summed E-state index contributed by atoms with van der Waals surface area (Å²) in [5.41, 5.74) is 0. The maximum atomic E-state index is 13.1. The van der Waals surface area contributed by atoms with E-state index in [1.165, 1.54) is 4.90 Å². The summed E-state index contributed by atoms with van der Waals surface area (Å²) < 4.78 is 17.6. The molecule has 3 atom stereocenters. The number of cyclic esters (lactones) is 2. The number of carbonyl (C=O) groups is 2. The number of halogens is 1. The SMILES string of the molecule is CN1C(=O)OC(=O)C2CCC(F)CC21. The van der Waals surface area contributed by atoms with Crippen LogP contribution in [0, 0.1) is 5.92 Å². The largest absolute Gasteiger partial charge is 0.417 e. The minimum atomic E-state index is -0.905. The zero-order valence-electron chi connectivity index (χ0n) is 7.90. The summed E-state index contributed by atoms with van der Waals surface area (Å²) in [6.07, 6.45) is -0.453. The Kier molecular flexibility index (Phi) is 2.17. The highest BCUT2D eigenvalue weighted by Gasteiger charge is 2.45. The van der Waals surface area contributed by atoms with Gasteiger partial charge in [0.25, 0.3) is 0 Å². The standard InChI is InChI=1S/C9H12FNO3/c1-11-7-4-5(10)2-3-6(7)8(12)14-9(11)13/h5-7H,2-4H2,1H3.